The lowest BCUT2D eigenvalue weighted by molar-refractivity contribution is -0.141. The van der Waals surface area contributed by atoms with Crippen LogP contribution in [-0.4, -0.2) is 44.4 Å². The number of primary sulfonamides is 1. The van der Waals surface area contributed by atoms with Crippen LogP contribution in [0.3, 0.4) is 0 Å². The normalized spacial score (nSPS) is 12.8. The first-order valence-electron chi connectivity index (χ1n) is 5.47. The summed E-state index contributed by atoms with van der Waals surface area (Å²) in [7, 11) is -3.57. The topological polar surface area (TPSA) is 139 Å². The van der Waals surface area contributed by atoms with E-state index in [9.17, 15) is 18.0 Å². The lowest BCUT2D eigenvalue weighted by Gasteiger charge is -2.08. The summed E-state index contributed by atoms with van der Waals surface area (Å²) in [5.41, 5.74) is 0. The molecular weight excluding hydrogens is 262 g/mol. The summed E-state index contributed by atoms with van der Waals surface area (Å²) >= 11 is 0. The third kappa shape index (κ3) is 9.85. The van der Waals surface area contributed by atoms with Crippen LogP contribution in [0.5, 0.6) is 0 Å². The molecule has 0 bridgehead atoms. The van der Waals surface area contributed by atoms with Crippen LogP contribution in [0.1, 0.15) is 19.8 Å². The molecule has 0 aromatic carbocycles. The Bertz CT molecular complexity index is 382. The second kappa shape index (κ2) is 7.88. The molecule has 0 aromatic heterocycles. The van der Waals surface area contributed by atoms with Crippen LogP contribution in [0.15, 0.2) is 0 Å². The highest BCUT2D eigenvalue weighted by atomic mass is 32.2. The fraction of sp³-hybridized carbons (Fsp3) is 0.778. The molecule has 0 aliphatic carbocycles. The Morgan fingerprint density at radius 3 is 2.33 bits per heavy atom. The van der Waals surface area contributed by atoms with Crippen molar-refractivity contribution in [2.45, 2.75) is 19.8 Å². The van der Waals surface area contributed by atoms with E-state index in [1.165, 1.54) is 0 Å². The number of carboxylic acids is 1. The Morgan fingerprint density at radius 2 is 1.83 bits per heavy atom. The Kier molecular flexibility index (Phi) is 7.29. The number of carbonyl (C=O) groups is 2. The van der Waals surface area contributed by atoms with Gasteiger partial charge in [-0.25, -0.2) is 18.4 Å². The van der Waals surface area contributed by atoms with E-state index in [2.05, 4.69) is 10.6 Å². The van der Waals surface area contributed by atoms with Gasteiger partial charge in [-0.05, 0) is 12.8 Å². The van der Waals surface area contributed by atoms with Crippen molar-refractivity contribution in [3.05, 3.63) is 0 Å². The fourth-order valence-electron chi connectivity index (χ4n) is 1.10. The molecule has 8 nitrogen and oxygen atoms in total. The van der Waals surface area contributed by atoms with Crippen molar-refractivity contribution >= 4 is 22.0 Å². The number of urea groups is 1. The quantitative estimate of drug-likeness (QED) is 0.426. The van der Waals surface area contributed by atoms with Crippen molar-refractivity contribution in [3.63, 3.8) is 0 Å². The molecule has 5 N–H and O–H groups in total. The Hall–Kier alpha value is -1.35. The molecule has 0 saturated heterocycles. The molecule has 0 aliphatic heterocycles. The standard InChI is InChI=1S/C9H19N3O5S/c1-7(8(13)14)3-2-4-11-9(15)12-5-6-18(10,16)17/h7H,2-6H2,1H3,(H,13,14)(H2,10,16,17)(H2,11,12,15). The van der Waals surface area contributed by atoms with Crippen LogP contribution in [-0.2, 0) is 14.8 Å². The van der Waals surface area contributed by atoms with Gasteiger partial charge in [-0.2, -0.15) is 0 Å². The summed E-state index contributed by atoms with van der Waals surface area (Å²) in [5.74, 6) is -1.64. The summed E-state index contributed by atoms with van der Waals surface area (Å²) in [6.45, 7) is 1.86. The molecule has 0 rings (SSSR count). The van der Waals surface area contributed by atoms with Crippen LogP contribution >= 0.6 is 0 Å². The molecule has 9 heteroatoms. The summed E-state index contributed by atoms with van der Waals surface area (Å²) < 4.78 is 21.1. The molecule has 0 aromatic rings. The van der Waals surface area contributed by atoms with Crippen LogP contribution in [0.2, 0.25) is 0 Å². The SMILES string of the molecule is CC(CCCNC(=O)NCCS(N)(=O)=O)C(=O)O. The van der Waals surface area contributed by atoms with Gasteiger partial charge in [0.25, 0.3) is 0 Å². The summed E-state index contributed by atoms with van der Waals surface area (Å²) in [6, 6.07) is -0.498. The lowest BCUT2D eigenvalue weighted by atomic mass is 10.1. The molecular formula is C9H19N3O5S. The highest BCUT2D eigenvalue weighted by Gasteiger charge is 2.10. The molecule has 0 aliphatic rings. The van der Waals surface area contributed by atoms with Crippen molar-refractivity contribution in [2.75, 3.05) is 18.8 Å². The molecule has 0 spiro atoms. The van der Waals surface area contributed by atoms with Crippen molar-refractivity contribution in [3.8, 4) is 0 Å². The van der Waals surface area contributed by atoms with E-state index in [-0.39, 0.29) is 12.3 Å². The molecule has 106 valence electrons. The van der Waals surface area contributed by atoms with Crippen molar-refractivity contribution in [1.29, 1.82) is 0 Å². The summed E-state index contributed by atoms with van der Waals surface area (Å²) in [6.07, 6.45) is 1.00. The number of amides is 2. The molecule has 1 atom stereocenters. The average molecular weight is 281 g/mol. The van der Waals surface area contributed by atoms with Gasteiger partial charge in [0.1, 0.15) is 0 Å². The van der Waals surface area contributed by atoms with E-state index in [0.717, 1.165) is 0 Å². The minimum atomic E-state index is -3.57. The van der Waals surface area contributed by atoms with E-state index in [0.29, 0.717) is 19.4 Å². The number of sulfonamides is 1. The monoisotopic (exact) mass is 281 g/mol. The zero-order chi connectivity index (χ0) is 14.2. The molecule has 0 heterocycles. The fourth-order valence-corrected chi connectivity index (χ4v) is 1.49. The van der Waals surface area contributed by atoms with Gasteiger partial charge >= 0.3 is 12.0 Å². The number of nitrogens with one attached hydrogen (secondary N) is 2. The van der Waals surface area contributed by atoms with Crippen LogP contribution in [0.4, 0.5) is 4.79 Å². The van der Waals surface area contributed by atoms with Gasteiger partial charge < -0.3 is 15.7 Å². The molecule has 1 unspecified atom stereocenters. The van der Waals surface area contributed by atoms with E-state index < -0.39 is 27.9 Å². The zero-order valence-electron chi connectivity index (χ0n) is 10.2. The third-order valence-electron chi connectivity index (χ3n) is 2.19. The minimum Gasteiger partial charge on any atom is -0.481 e. The van der Waals surface area contributed by atoms with Crippen molar-refractivity contribution in [2.24, 2.45) is 11.1 Å². The van der Waals surface area contributed by atoms with Gasteiger partial charge in [0.2, 0.25) is 10.0 Å². The highest BCUT2D eigenvalue weighted by Crippen LogP contribution is 2.03. The Labute approximate surface area is 106 Å². The smallest absolute Gasteiger partial charge is 0.314 e. The number of hydrogen-bond donors (Lipinski definition) is 4. The first kappa shape index (κ1) is 16.6. The maximum atomic E-state index is 11.1. The lowest BCUT2D eigenvalue weighted by Crippen LogP contribution is -2.39. The van der Waals surface area contributed by atoms with Crippen LogP contribution in [0.25, 0.3) is 0 Å². The van der Waals surface area contributed by atoms with E-state index >= 15 is 0 Å². The minimum absolute atomic E-state index is 0.0593. The number of hydrogen-bond acceptors (Lipinski definition) is 4. The molecule has 0 fully saturated rings. The molecule has 18 heavy (non-hydrogen) atoms. The number of aliphatic carboxylic acids is 1. The number of carboxylic acid groups (broad SMARTS) is 1. The van der Waals surface area contributed by atoms with E-state index in [1.54, 1.807) is 6.92 Å². The second-order valence-corrected chi connectivity index (χ2v) is 5.67. The average Bonchev–Trinajstić information content (AvgIpc) is 2.22. The predicted octanol–water partition coefficient (Wildman–Crippen LogP) is -0.925. The van der Waals surface area contributed by atoms with Crippen LogP contribution in [0, 0.1) is 5.92 Å². The van der Waals surface area contributed by atoms with Gasteiger partial charge in [-0.15, -0.1) is 0 Å². The van der Waals surface area contributed by atoms with Gasteiger partial charge in [0, 0.05) is 13.1 Å². The molecule has 2 amide bonds. The summed E-state index contributed by atoms with van der Waals surface area (Å²) in [5, 5.41) is 18.2. The van der Waals surface area contributed by atoms with Gasteiger partial charge in [0.15, 0.2) is 0 Å². The number of carbonyl (C=O) groups excluding carboxylic acids is 1. The maximum absolute atomic E-state index is 11.1. The van der Waals surface area contributed by atoms with Crippen molar-refractivity contribution < 1.29 is 23.1 Å². The highest BCUT2D eigenvalue weighted by molar-refractivity contribution is 7.89. The number of rotatable bonds is 8. The second-order valence-electron chi connectivity index (χ2n) is 3.93. The largest absolute Gasteiger partial charge is 0.481 e. The van der Waals surface area contributed by atoms with E-state index in [4.69, 9.17) is 10.2 Å². The van der Waals surface area contributed by atoms with E-state index in [1.807, 2.05) is 0 Å². The molecule has 0 radical (unpaired) electrons. The van der Waals surface area contributed by atoms with Gasteiger partial charge in [-0.3, -0.25) is 4.79 Å². The number of nitrogens with two attached hydrogens (primary N) is 1. The third-order valence-corrected chi connectivity index (χ3v) is 2.97. The van der Waals surface area contributed by atoms with Gasteiger partial charge in [0.05, 0.1) is 11.7 Å². The predicted molar refractivity (Wildman–Crippen MR) is 65.4 cm³/mol. The Morgan fingerprint density at radius 1 is 1.28 bits per heavy atom. The summed E-state index contributed by atoms with van der Waals surface area (Å²) in [4.78, 5) is 21.6. The van der Waals surface area contributed by atoms with Crippen LogP contribution < -0.4 is 15.8 Å². The zero-order valence-corrected chi connectivity index (χ0v) is 11.0. The maximum Gasteiger partial charge on any atom is 0.314 e. The Balaban J connectivity index is 3.57. The molecule has 0 saturated carbocycles. The van der Waals surface area contributed by atoms with Gasteiger partial charge in [-0.1, -0.05) is 6.92 Å². The first-order chi connectivity index (χ1) is 8.22. The van der Waals surface area contributed by atoms with Crippen molar-refractivity contribution in [1.82, 2.24) is 10.6 Å². The first-order valence-corrected chi connectivity index (χ1v) is 7.19.